The Morgan fingerprint density at radius 1 is 0.636 bits per heavy atom. The van der Waals surface area contributed by atoms with E-state index in [1.165, 1.54) is 18.5 Å². The van der Waals surface area contributed by atoms with Gasteiger partial charge in [0.2, 0.25) is 0 Å². The second-order valence-corrected chi connectivity index (χ2v) is 7.00. The molecule has 165 valence electrons. The first-order valence-corrected chi connectivity index (χ1v) is 10.1. The van der Waals surface area contributed by atoms with Crippen LogP contribution in [0.1, 0.15) is 19.4 Å². The molecule has 1 radical (unpaired) electrons. The zero-order chi connectivity index (χ0) is 27.2. The van der Waals surface area contributed by atoms with E-state index in [4.69, 9.17) is 8.22 Å². The maximum Gasteiger partial charge on any atom is 0.0280 e. The standard InChI is InChI=1S/C18H14N.C12H10N.Ir/c1-14-10-11-19-18(12-14)17-9-5-8-16(13-17)15-6-3-2-4-7-15;1-10-7-8-12(13-9-10)11-5-3-2-4-6-11;/h2-8,10-13H,1H3;2-5,7-9H,1H3;/q2*-1;/i2*1D3;. The molecule has 0 amide bonds. The first-order chi connectivity index (χ1) is 18.1. The van der Waals surface area contributed by atoms with Crippen molar-refractivity contribution < 1.29 is 28.3 Å². The predicted molar refractivity (Wildman–Crippen MR) is 132 cm³/mol. The van der Waals surface area contributed by atoms with E-state index in [9.17, 15) is 0 Å². The van der Waals surface area contributed by atoms with Gasteiger partial charge in [0.15, 0.2) is 0 Å². The van der Waals surface area contributed by atoms with Gasteiger partial charge in [0.1, 0.15) is 0 Å². The molecule has 0 saturated heterocycles. The third-order valence-corrected chi connectivity index (χ3v) is 4.69. The van der Waals surface area contributed by atoms with Crippen molar-refractivity contribution >= 4 is 0 Å². The zero-order valence-corrected chi connectivity index (χ0v) is 20.0. The number of hydrogen-bond donors (Lipinski definition) is 0. The smallest absolute Gasteiger partial charge is 0.0280 e. The third kappa shape index (κ3) is 6.79. The van der Waals surface area contributed by atoms with Gasteiger partial charge >= 0.3 is 0 Å². The van der Waals surface area contributed by atoms with Crippen LogP contribution in [0.25, 0.3) is 33.6 Å². The monoisotopic (exact) mass is 611 g/mol. The average Bonchev–Trinajstić information content (AvgIpc) is 2.94. The summed E-state index contributed by atoms with van der Waals surface area (Å²) in [6.45, 7) is -4.22. The van der Waals surface area contributed by atoms with E-state index >= 15 is 0 Å². The molecule has 0 unspecified atom stereocenters. The molecule has 0 aliphatic rings. The van der Waals surface area contributed by atoms with Crippen LogP contribution in [-0.2, 0) is 20.1 Å². The molecule has 33 heavy (non-hydrogen) atoms. The number of hydrogen-bond acceptors (Lipinski definition) is 2. The van der Waals surface area contributed by atoms with Crippen LogP contribution in [0, 0.1) is 25.8 Å². The van der Waals surface area contributed by atoms with E-state index in [1.807, 2.05) is 66.7 Å². The van der Waals surface area contributed by atoms with Crippen molar-refractivity contribution in [1.29, 1.82) is 0 Å². The van der Waals surface area contributed by atoms with E-state index in [0.29, 0.717) is 5.69 Å². The maximum atomic E-state index is 7.50. The van der Waals surface area contributed by atoms with Crippen LogP contribution in [0.15, 0.2) is 109 Å². The number of pyridine rings is 2. The molecule has 2 heterocycles. The van der Waals surface area contributed by atoms with Crippen LogP contribution in [0.2, 0.25) is 0 Å². The van der Waals surface area contributed by atoms with Crippen LogP contribution in [0.3, 0.4) is 0 Å². The number of aromatic nitrogens is 2. The van der Waals surface area contributed by atoms with Gasteiger partial charge in [-0.2, -0.15) is 0 Å². The molecule has 0 bridgehead atoms. The van der Waals surface area contributed by atoms with E-state index in [-0.39, 0.29) is 31.2 Å². The van der Waals surface area contributed by atoms with Crippen molar-refractivity contribution in [1.82, 2.24) is 9.97 Å². The number of benzene rings is 3. The van der Waals surface area contributed by atoms with Gasteiger partial charge in [0.05, 0.1) is 0 Å². The van der Waals surface area contributed by atoms with Crippen molar-refractivity contribution in [3.63, 3.8) is 0 Å². The minimum atomic E-state index is -2.13. The van der Waals surface area contributed by atoms with Gasteiger partial charge < -0.3 is 9.97 Å². The quantitative estimate of drug-likeness (QED) is 0.199. The van der Waals surface area contributed by atoms with Gasteiger partial charge in [-0.25, -0.2) is 0 Å². The Hall–Kier alpha value is -3.39. The minimum Gasteiger partial charge on any atom is -0.305 e. The van der Waals surface area contributed by atoms with Crippen molar-refractivity contribution in [2.75, 3.05) is 0 Å². The summed E-state index contributed by atoms with van der Waals surface area (Å²) in [5.41, 5.74) is 5.69. The Morgan fingerprint density at radius 3 is 2.18 bits per heavy atom. The number of rotatable bonds is 3. The molecular weight excluding hydrogens is 581 g/mol. The number of aryl methyl sites for hydroxylation is 2. The summed E-state index contributed by atoms with van der Waals surface area (Å²) >= 11 is 0. The van der Waals surface area contributed by atoms with Crippen LogP contribution in [0.5, 0.6) is 0 Å². The van der Waals surface area contributed by atoms with Gasteiger partial charge in [-0.3, -0.25) is 0 Å². The summed E-state index contributed by atoms with van der Waals surface area (Å²) < 4.78 is 44.2. The Balaban J connectivity index is 0.000000220. The van der Waals surface area contributed by atoms with Crippen molar-refractivity contribution in [2.24, 2.45) is 0 Å². The van der Waals surface area contributed by atoms with Crippen LogP contribution >= 0.6 is 0 Å². The summed E-state index contributed by atoms with van der Waals surface area (Å²) in [5, 5.41) is 0. The summed E-state index contributed by atoms with van der Waals surface area (Å²) in [6, 6.07) is 35.8. The van der Waals surface area contributed by atoms with Gasteiger partial charge in [0, 0.05) is 40.7 Å². The molecule has 2 aromatic heterocycles. The topological polar surface area (TPSA) is 25.8 Å². The molecule has 0 aliphatic heterocycles. The fourth-order valence-electron chi connectivity index (χ4n) is 3.11. The second kappa shape index (κ2) is 12.0. The van der Waals surface area contributed by atoms with E-state index < -0.39 is 13.7 Å². The van der Waals surface area contributed by atoms with E-state index in [1.54, 1.807) is 24.3 Å². The maximum absolute atomic E-state index is 7.50. The molecule has 0 aliphatic carbocycles. The van der Waals surface area contributed by atoms with Gasteiger partial charge in [-0.15, -0.1) is 71.3 Å². The SMILES string of the molecule is [2H]C([2H])([2H])c1ccc(-c2[c-]cccc2)nc1.[2H]C([2H])([2H])c1ccnc(-c2[c-]ccc(-c3ccccc3)c2)c1.[Ir]. The molecule has 5 rings (SSSR count). The number of nitrogens with zero attached hydrogens (tertiary/aromatic N) is 2. The van der Waals surface area contributed by atoms with Crippen molar-refractivity contribution in [3.05, 3.63) is 133 Å². The first-order valence-electron chi connectivity index (χ1n) is 13.1. The molecule has 3 aromatic carbocycles. The normalized spacial score (nSPS) is 13.3. The van der Waals surface area contributed by atoms with Gasteiger partial charge in [0.25, 0.3) is 0 Å². The molecule has 0 atom stereocenters. The summed E-state index contributed by atoms with van der Waals surface area (Å²) in [7, 11) is 0. The molecule has 0 N–H and O–H groups in total. The predicted octanol–water partition coefficient (Wildman–Crippen LogP) is 7.38. The molecule has 0 saturated carbocycles. The summed E-state index contributed by atoms with van der Waals surface area (Å²) in [5.74, 6) is 0. The molecular formula is C30H24IrN2-2. The zero-order valence-electron chi connectivity index (χ0n) is 23.6. The van der Waals surface area contributed by atoms with Crippen molar-refractivity contribution in [3.8, 4) is 33.6 Å². The fraction of sp³-hybridized carbons (Fsp3) is 0.0667. The second-order valence-electron chi connectivity index (χ2n) is 7.00. The van der Waals surface area contributed by atoms with E-state index in [0.717, 1.165) is 27.9 Å². The Kier molecular flexibility index (Phi) is 6.24. The van der Waals surface area contributed by atoms with Crippen LogP contribution in [-0.4, -0.2) is 9.97 Å². The third-order valence-electron chi connectivity index (χ3n) is 4.69. The Labute approximate surface area is 218 Å². The largest absolute Gasteiger partial charge is 0.305 e. The Bertz CT molecular complexity index is 1470. The first kappa shape index (κ1) is 17.1. The molecule has 3 heteroatoms. The molecule has 0 spiro atoms. The van der Waals surface area contributed by atoms with E-state index in [2.05, 4.69) is 22.1 Å². The summed E-state index contributed by atoms with van der Waals surface area (Å²) in [6.07, 6.45) is 2.92. The molecule has 0 fully saturated rings. The fourth-order valence-corrected chi connectivity index (χ4v) is 3.11. The minimum absolute atomic E-state index is 0. The van der Waals surface area contributed by atoms with Gasteiger partial charge in [-0.05, 0) is 42.3 Å². The molecule has 2 nitrogen and oxygen atoms in total. The van der Waals surface area contributed by atoms with Crippen LogP contribution < -0.4 is 0 Å². The van der Waals surface area contributed by atoms with Gasteiger partial charge in [-0.1, -0.05) is 54.1 Å². The Morgan fingerprint density at radius 2 is 1.45 bits per heavy atom. The van der Waals surface area contributed by atoms with Crippen molar-refractivity contribution in [2.45, 2.75) is 13.7 Å². The summed E-state index contributed by atoms with van der Waals surface area (Å²) in [4.78, 5) is 8.40. The molecule has 5 aromatic rings. The van der Waals surface area contributed by atoms with Crippen LogP contribution in [0.4, 0.5) is 0 Å². The average molecular weight is 611 g/mol.